The minimum atomic E-state index is -0.421. The largest absolute Gasteiger partial charge is 0.497 e. The molecule has 0 aromatic heterocycles. The highest BCUT2D eigenvalue weighted by Crippen LogP contribution is 2.24. The van der Waals surface area contributed by atoms with Crippen molar-refractivity contribution in [3.05, 3.63) is 59.4 Å². The fourth-order valence-corrected chi connectivity index (χ4v) is 2.50. The standard InChI is InChI=1S/C20H22FNO5/c1-25-17-10-15(11-18(12-17)26-2)20(24)22(9-8-19(23)27-3)13-14-4-6-16(21)7-5-14/h4-7,10-12H,8-9,13H2,1-3H3. The molecule has 0 atom stereocenters. The van der Waals surface area contributed by atoms with Crippen molar-refractivity contribution in [1.82, 2.24) is 4.90 Å². The van der Waals surface area contributed by atoms with Crippen LogP contribution in [0.2, 0.25) is 0 Å². The van der Waals surface area contributed by atoms with Gasteiger partial charge in [0.1, 0.15) is 17.3 Å². The quantitative estimate of drug-likeness (QED) is 0.664. The van der Waals surface area contributed by atoms with Crippen LogP contribution in [0, 0.1) is 5.82 Å². The Labute approximate surface area is 157 Å². The van der Waals surface area contributed by atoms with Gasteiger partial charge in [0.05, 0.1) is 27.8 Å². The van der Waals surface area contributed by atoms with Crippen molar-refractivity contribution in [1.29, 1.82) is 0 Å². The van der Waals surface area contributed by atoms with Crippen LogP contribution in [0.3, 0.4) is 0 Å². The second-order valence-corrected chi connectivity index (χ2v) is 5.78. The van der Waals surface area contributed by atoms with E-state index in [1.807, 2.05) is 0 Å². The van der Waals surface area contributed by atoms with Gasteiger partial charge in [-0.1, -0.05) is 12.1 Å². The number of esters is 1. The summed E-state index contributed by atoms with van der Waals surface area (Å²) in [6.45, 7) is 0.373. The van der Waals surface area contributed by atoms with Gasteiger partial charge < -0.3 is 19.1 Å². The summed E-state index contributed by atoms with van der Waals surface area (Å²) in [6, 6.07) is 10.7. The molecule has 0 aliphatic rings. The van der Waals surface area contributed by atoms with Crippen LogP contribution in [0.4, 0.5) is 4.39 Å². The number of ether oxygens (including phenoxy) is 3. The zero-order valence-electron chi connectivity index (χ0n) is 15.5. The van der Waals surface area contributed by atoms with Crippen molar-refractivity contribution in [3.63, 3.8) is 0 Å². The summed E-state index contributed by atoms with van der Waals surface area (Å²) in [6.07, 6.45) is 0.0462. The van der Waals surface area contributed by atoms with Crippen molar-refractivity contribution in [2.75, 3.05) is 27.9 Å². The molecule has 2 rings (SSSR count). The van der Waals surface area contributed by atoms with Gasteiger partial charge in [-0.3, -0.25) is 9.59 Å². The predicted molar refractivity (Wildman–Crippen MR) is 97.3 cm³/mol. The number of methoxy groups -OCH3 is 3. The molecule has 7 heteroatoms. The summed E-state index contributed by atoms with van der Waals surface area (Å²) in [4.78, 5) is 26.1. The van der Waals surface area contributed by atoms with Crippen molar-refractivity contribution in [2.24, 2.45) is 0 Å². The van der Waals surface area contributed by atoms with E-state index >= 15 is 0 Å². The molecule has 2 aromatic rings. The molecular weight excluding hydrogens is 353 g/mol. The zero-order chi connectivity index (χ0) is 19.8. The molecule has 0 bridgehead atoms. The van der Waals surface area contributed by atoms with Crippen LogP contribution in [-0.2, 0) is 16.1 Å². The molecule has 0 saturated heterocycles. The van der Waals surface area contributed by atoms with Crippen molar-refractivity contribution in [3.8, 4) is 11.5 Å². The summed E-state index contributed by atoms with van der Waals surface area (Å²) < 4.78 is 28.2. The molecule has 6 nitrogen and oxygen atoms in total. The maximum Gasteiger partial charge on any atom is 0.307 e. The predicted octanol–water partition coefficient (Wildman–Crippen LogP) is 3.05. The number of carbonyl (C=O) groups is 2. The van der Waals surface area contributed by atoms with E-state index in [9.17, 15) is 14.0 Å². The van der Waals surface area contributed by atoms with Gasteiger partial charge in [0.25, 0.3) is 5.91 Å². The lowest BCUT2D eigenvalue weighted by Crippen LogP contribution is -2.32. The lowest BCUT2D eigenvalue weighted by molar-refractivity contribution is -0.140. The lowest BCUT2D eigenvalue weighted by atomic mass is 10.1. The number of hydrogen-bond acceptors (Lipinski definition) is 5. The van der Waals surface area contributed by atoms with Crippen LogP contribution in [-0.4, -0.2) is 44.7 Å². The average molecular weight is 375 g/mol. The molecule has 0 saturated carbocycles. The molecule has 27 heavy (non-hydrogen) atoms. The number of amides is 1. The minimum Gasteiger partial charge on any atom is -0.497 e. The summed E-state index contributed by atoms with van der Waals surface area (Å²) in [7, 11) is 4.29. The third kappa shape index (κ3) is 5.70. The SMILES string of the molecule is COC(=O)CCN(Cc1ccc(F)cc1)C(=O)c1cc(OC)cc(OC)c1. The fourth-order valence-electron chi connectivity index (χ4n) is 2.50. The number of nitrogens with zero attached hydrogens (tertiary/aromatic N) is 1. The molecule has 2 aromatic carbocycles. The van der Waals surface area contributed by atoms with Crippen molar-refractivity contribution in [2.45, 2.75) is 13.0 Å². The monoisotopic (exact) mass is 375 g/mol. The van der Waals surface area contributed by atoms with Gasteiger partial charge in [0.15, 0.2) is 0 Å². The number of hydrogen-bond donors (Lipinski definition) is 0. The number of benzene rings is 2. The Morgan fingerprint density at radius 2 is 1.56 bits per heavy atom. The summed E-state index contributed by atoms with van der Waals surface area (Å²) in [5, 5.41) is 0. The first-order chi connectivity index (χ1) is 13.0. The van der Waals surface area contributed by atoms with Gasteiger partial charge >= 0.3 is 5.97 Å². The Kier molecular flexibility index (Phi) is 7.16. The number of rotatable bonds is 8. The second-order valence-electron chi connectivity index (χ2n) is 5.78. The molecule has 0 aliphatic carbocycles. The maximum atomic E-state index is 13.1. The van der Waals surface area contributed by atoms with Crippen LogP contribution in [0.1, 0.15) is 22.3 Å². The van der Waals surface area contributed by atoms with E-state index in [2.05, 4.69) is 4.74 Å². The lowest BCUT2D eigenvalue weighted by Gasteiger charge is -2.23. The van der Waals surface area contributed by atoms with Gasteiger partial charge in [-0.15, -0.1) is 0 Å². The topological polar surface area (TPSA) is 65.1 Å². The van der Waals surface area contributed by atoms with Gasteiger partial charge in [-0.05, 0) is 29.8 Å². The van der Waals surface area contributed by atoms with Crippen LogP contribution in [0.5, 0.6) is 11.5 Å². The highest BCUT2D eigenvalue weighted by molar-refractivity contribution is 5.95. The zero-order valence-corrected chi connectivity index (χ0v) is 15.5. The molecule has 0 fully saturated rings. The van der Waals surface area contributed by atoms with Crippen LogP contribution >= 0.6 is 0 Å². The van der Waals surface area contributed by atoms with E-state index in [0.29, 0.717) is 17.1 Å². The maximum absolute atomic E-state index is 13.1. The Bertz CT molecular complexity index is 769. The molecule has 0 unspecified atom stereocenters. The molecule has 0 spiro atoms. The smallest absolute Gasteiger partial charge is 0.307 e. The van der Waals surface area contributed by atoms with E-state index in [0.717, 1.165) is 5.56 Å². The van der Waals surface area contributed by atoms with Gasteiger partial charge in [0.2, 0.25) is 0 Å². The van der Waals surface area contributed by atoms with E-state index in [1.165, 1.54) is 38.4 Å². The Hall–Kier alpha value is -3.09. The van der Waals surface area contributed by atoms with Gasteiger partial charge in [-0.2, -0.15) is 0 Å². The first-order valence-electron chi connectivity index (χ1n) is 8.30. The molecule has 1 amide bonds. The van der Waals surface area contributed by atoms with Crippen molar-refractivity contribution >= 4 is 11.9 Å². The normalized spacial score (nSPS) is 10.2. The Morgan fingerprint density at radius 3 is 2.07 bits per heavy atom. The highest BCUT2D eigenvalue weighted by Gasteiger charge is 2.19. The van der Waals surface area contributed by atoms with Crippen LogP contribution in [0.15, 0.2) is 42.5 Å². The van der Waals surface area contributed by atoms with Crippen molar-refractivity contribution < 1.29 is 28.2 Å². The Balaban J connectivity index is 2.28. The summed E-state index contributed by atoms with van der Waals surface area (Å²) in [5.74, 6) is -0.126. The van der Waals surface area contributed by atoms with Gasteiger partial charge in [-0.25, -0.2) is 4.39 Å². The van der Waals surface area contributed by atoms with E-state index in [-0.39, 0.29) is 31.2 Å². The fraction of sp³-hybridized carbons (Fsp3) is 0.300. The van der Waals surface area contributed by atoms with E-state index < -0.39 is 5.97 Å². The average Bonchev–Trinajstić information content (AvgIpc) is 2.71. The van der Waals surface area contributed by atoms with Crippen LogP contribution < -0.4 is 9.47 Å². The first kappa shape index (κ1) is 20.2. The third-order valence-corrected chi connectivity index (χ3v) is 3.99. The van der Waals surface area contributed by atoms with E-state index in [1.54, 1.807) is 30.3 Å². The van der Waals surface area contributed by atoms with Gasteiger partial charge in [0, 0.05) is 24.7 Å². The molecule has 0 N–H and O–H groups in total. The summed E-state index contributed by atoms with van der Waals surface area (Å²) >= 11 is 0. The number of carbonyl (C=O) groups excluding carboxylic acids is 2. The molecular formula is C20H22FNO5. The summed E-state index contributed by atoms with van der Waals surface area (Å²) in [5.41, 5.74) is 1.10. The molecule has 144 valence electrons. The molecule has 0 aliphatic heterocycles. The number of halogens is 1. The second kappa shape index (κ2) is 9.56. The molecule has 0 radical (unpaired) electrons. The van der Waals surface area contributed by atoms with E-state index in [4.69, 9.17) is 9.47 Å². The van der Waals surface area contributed by atoms with Crippen LogP contribution in [0.25, 0.3) is 0 Å². The third-order valence-electron chi connectivity index (χ3n) is 3.99. The molecule has 0 heterocycles. The highest BCUT2D eigenvalue weighted by atomic mass is 19.1. The minimum absolute atomic E-state index is 0.0462. The Morgan fingerprint density at radius 1 is 0.963 bits per heavy atom. The first-order valence-corrected chi connectivity index (χ1v) is 8.30.